The van der Waals surface area contributed by atoms with Crippen LogP contribution in [0.15, 0.2) is 17.0 Å². The number of aryl methyl sites for hydroxylation is 2. The molecule has 0 saturated heterocycles. The van der Waals surface area contributed by atoms with Gasteiger partial charge in [0.25, 0.3) is 0 Å². The van der Waals surface area contributed by atoms with E-state index in [9.17, 15) is 0 Å². The maximum atomic E-state index is 5.02. The third-order valence-electron chi connectivity index (χ3n) is 2.42. The van der Waals surface area contributed by atoms with Gasteiger partial charge in [-0.25, -0.2) is 4.98 Å². The van der Waals surface area contributed by atoms with Crippen molar-refractivity contribution in [2.24, 2.45) is 0 Å². The average Bonchev–Trinajstić information content (AvgIpc) is 2.90. The van der Waals surface area contributed by atoms with Gasteiger partial charge in [-0.3, -0.25) is 0 Å². The van der Waals surface area contributed by atoms with Crippen LogP contribution in [0.4, 0.5) is 0 Å². The zero-order valence-electron chi connectivity index (χ0n) is 10.2. The van der Waals surface area contributed by atoms with Crippen LogP contribution in [0.25, 0.3) is 0 Å². The summed E-state index contributed by atoms with van der Waals surface area (Å²) in [5.41, 5.74) is 1.17. The molecule has 0 aliphatic rings. The van der Waals surface area contributed by atoms with Gasteiger partial charge in [0, 0.05) is 19.3 Å². The predicted molar refractivity (Wildman–Crippen MR) is 62.1 cm³/mol. The monoisotopic (exact) mass is 235 g/mol. The average molecular weight is 235 g/mol. The van der Waals surface area contributed by atoms with Gasteiger partial charge in [0.1, 0.15) is 0 Å². The summed E-state index contributed by atoms with van der Waals surface area (Å²) in [5, 5.41) is 6.99. The molecule has 0 atom stereocenters. The first-order valence-electron chi connectivity index (χ1n) is 5.78. The molecule has 2 aromatic rings. The molecule has 0 fully saturated rings. The Morgan fingerprint density at radius 1 is 1.41 bits per heavy atom. The molecule has 2 heterocycles. The van der Waals surface area contributed by atoms with Crippen LogP contribution < -0.4 is 5.32 Å². The van der Waals surface area contributed by atoms with Crippen molar-refractivity contribution in [3.63, 3.8) is 0 Å². The van der Waals surface area contributed by atoms with Crippen LogP contribution >= 0.6 is 0 Å². The fourth-order valence-corrected chi connectivity index (χ4v) is 1.65. The van der Waals surface area contributed by atoms with Crippen LogP contribution in [0.5, 0.6) is 0 Å². The standard InChI is InChI=1S/C11H17N5O/c1-3-4-16-8-13-6-10(16)5-12-7-11-14-9(2)15-17-11/h6,8,12H,3-5,7H2,1-2H3. The second kappa shape index (κ2) is 5.58. The van der Waals surface area contributed by atoms with Crippen molar-refractivity contribution >= 4 is 0 Å². The number of hydrogen-bond donors (Lipinski definition) is 1. The molecular formula is C11H17N5O. The highest BCUT2D eigenvalue weighted by molar-refractivity contribution is 4.98. The van der Waals surface area contributed by atoms with Gasteiger partial charge in [-0.15, -0.1) is 0 Å². The topological polar surface area (TPSA) is 68.8 Å². The number of nitrogens with one attached hydrogen (secondary N) is 1. The summed E-state index contributed by atoms with van der Waals surface area (Å²) >= 11 is 0. The van der Waals surface area contributed by atoms with E-state index in [0.717, 1.165) is 19.5 Å². The lowest BCUT2D eigenvalue weighted by molar-refractivity contribution is 0.363. The van der Waals surface area contributed by atoms with Crippen molar-refractivity contribution in [1.29, 1.82) is 0 Å². The SMILES string of the molecule is CCCn1cncc1CNCc1nc(C)no1. The lowest BCUT2D eigenvalue weighted by Gasteiger charge is -2.06. The Morgan fingerprint density at radius 3 is 3.00 bits per heavy atom. The third-order valence-corrected chi connectivity index (χ3v) is 2.42. The van der Waals surface area contributed by atoms with E-state index in [-0.39, 0.29) is 0 Å². The first kappa shape index (κ1) is 11.8. The van der Waals surface area contributed by atoms with E-state index in [1.165, 1.54) is 5.69 Å². The maximum Gasteiger partial charge on any atom is 0.240 e. The zero-order valence-corrected chi connectivity index (χ0v) is 10.2. The number of hydrogen-bond acceptors (Lipinski definition) is 5. The van der Waals surface area contributed by atoms with Gasteiger partial charge < -0.3 is 14.4 Å². The second-order valence-corrected chi connectivity index (χ2v) is 3.92. The number of imidazole rings is 1. The summed E-state index contributed by atoms with van der Waals surface area (Å²) in [6, 6.07) is 0. The maximum absolute atomic E-state index is 5.02. The molecule has 6 heteroatoms. The highest BCUT2D eigenvalue weighted by atomic mass is 16.5. The van der Waals surface area contributed by atoms with Crippen LogP contribution in [-0.2, 0) is 19.6 Å². The van der Waals surface area contributed by atoms with Gasteiger partial charge in [-0.05, 0) is 13.3 Å². The minimum atomic E-state index is 0.581. The van der Waals surface area contributed by atoms with Crippen LogP contribution in [0.1, 0.15) is 30.8 Å². The van der Waals surface area contributed by atoms with E-state index in [1.807, 2.05) is 19.4 Å². The normalized spacial score (nSPS) is 10.9. The van der Waals surface area contributed by atoms with Gasteiger partial charge in [-0.2, -0.15) is 4.98 Å². The first-order chi connectivity index (χ1) is 8.29. The molecule has 2 rings (SSSR count). The Bertz CT molecular complexity index is 462. The molecule has 0 saturated carbocycles. The van der Waals surface area contributed by atoms with Gasteiger partial charge in [0.15, 0.2) is 5.82 Å². The third kappa shape index (κ3) is 3.13. The molecule has 1 N–H and O–H groups in total. The molecule has 0 aliphatic heterocycles. The fraction of sp³-hybridized carbons (Fsp3) is 0.545. The molecule has 0 unspecified atom stereocenters. The molecular weight excluding hydrogens is 218 g/mol. The predicted octanol–water partition coefficient (Wildman–Crippen LogP) is 1.27. The van der Waals surface area contributed by atoms with Crippen LogP contribution in [0, 0.1) is 6.92 Å². The second-order valence-electron chi connectivity index (χ2n) is 3.92. The fourth-order valence-electron chi connectivity index (χ4n) is 1.65. The Labute approximate surface area is 100 Å². The van der Waals surface area contributed by atoms with Gasteiger partial charge >= 0.3 is 0 Å². The summed E-state index contributed by atoms with van der Waals surface area (Å²) in [7, 11) is 0. The Balaban J connectivity index is 1.83. The molecule has 92 valence electrons. The van der Waals surface area contributed by atoms with Crippen LogP contribution in [0.3, 0.4) is 0 Å². The quantitative estimate of drug-likeness (QED) is 0.816. The van der Waals surface area contributed by atoms with E-state index >= 15 is 0 Å². The van der Waals surface area contributed by atoms with E-state index in [0.29, 0.717) is 18.3 Å². The summed E-state index contributed by atoms with van der Waals surface area (Å²) in [4.78, 5) is 8.27. The van der Waals surface area contributed by atoms with Crippen molar-refractivity contribution in [3.05, 3.63) is 29.9 Å². The first-order valence-corrected chi connectivity index (χ1v) is 5.78. The largest absolute Gasteiger partial charge is 0.338 e. The molecule has 0 amide bonds. The van der Waals surface area contributed by atoms with Crippen LogP contribution in [0.2, 0.25) is 0 Å². The van der Waals surface area contributed by atoms with Gasteiger partial charge in [-0.1, -0.05) is 12.1 Å². The smallest absolute Gasteiger partial charge is 0.240 e. The summed E-state index contributed by atoms with van der Waals surface area (Å²) in [5.74, 6) is 1.28. The van der Waals surface area contributed by atoms with E-state index < -0.39 is 0 Å². The highest BCUT2D eigenvalue weighted by Crippen LogP contribution is 2.01. The molecule has 17 heavy (non-hydrogen) atoms. The van der Waals surface area contributed by atoms with Gasteiger partial charge in [0.2, 0.25) is 5.89 Å². The Morgan fingerprint density at radius 2 is 2.29 bits per heavy atom. The lowest BCUT2D eigenvalue weighted by atomic mass is 10.4. The van der Waals surface area contributed by atoms with Crippen LogP contribution in [-0.4, -0.2) is 19.7 Å². The molecule has 0 radical (unpaired) electrons. The van der Waals surface area contributed by atoms with Crippen molar-refractivity contribution in [1.82, 2.24) is 25.0 Å². The van der Waals surface area contributed by atoms with Crippen molar-refractivity contribution < 1.29 is 4.52 Å². The number of nitrogens with zero attached hydrogens (tertiary/aromatic N) is 4. The Hall–Kier alpha value is -1.69. The summed E-state index contributed by atoms with van der Waals surface area (Å²) in [6.45, 7) is 6.29. The minimum Gasteiger partial charge on any atom is -0.338 e. The van der Waals surface area contributed by atoms with Crippen molar-refractivity contribution in [3.8, 4) is 0 Å². The molecule has 0 aliphatic carbocycles. The Kier molecular flexibility index (Phi) is 3.87. The van der Waals surface area contributed by atoms with E-state index in [1.54, 1.807) is 0 Å². The molecule has 0 spiro atoms. The minimum absolute atomic E-state index is 0.581. The lowest BCUT2D eigenvalue weighted by Crippen LogP contribution is -2.16. The summed E-state index contributed by atoms with van der Waals surface area (Å²) < 4.78 is 7.16. The summed E-state index contributed by atoms with van der Waals surface area (Å²) in [6.07, 6.45) is 4.84. The van der Waals surface area contributed by atoms with E-state index in [2.05, 4.69) is 31.9 Å². The molecule has 0 bridgehead atoms. The number of aromatic nitrogens is 4. The molecule has 0 aromatic carbocycles. The van der Waals surface area contributed by atoms with E-state index in [4.69, 9.17) is 4.52 Å². The van der Waals surface area contributed by atoms with Crippen molar-refractivity contribution in [2.75, 3.05) is 0 Å². The highest BCUT2D eigenvalue weighted by Gasteiger charge is 2.04. The van der Waals surface area contributed by atoms with Crippen molar-refractivity contribution in [2.45, 2.75) is 39.9 Å². The zero-order chi connectivity index (χ0) is 12.1. The van der Waals surface area contributed by atoms with Gasteiger partial charge in [0.05, 0.1) is 18.6 Å². The molecule has 6 nitrogen and oxygen atoms in total. The molecule has 2 aromatic heterocycles. The number of rotatable bonds is 6.